The van der Waals surface area contributed by atoms with Crippen LogP contribution in [0.25, 0.3) is 0 Å². The van der Waals surface area contributed by atoms with E-state index in [1.807, 2.05) is 91.0 Å². The summed E-state index contributed by atoms with van der Waals surface area (Å²) in [6, 6.07) is 29.5. The van der Waals surface area contributed by atoms with Gasteiger partial charge in [0.25, 0.3) is 0 Å². The molecule has 6 nitrogen and oxygen atoms in total. The molecule has 3 aromatic carbocycles. The Labute approximate surface area is 200 Å². The average Bonchev–Trinajstić information content (AvgIpc) is 2.91. The maximum atomic E-state index is 12.0. The fourth-order valence-electron chi connectivity index (χ4n) is 3.99. The predicted octanol–water partition coefficient (Wildman–Crippen LogP) is 4.31. The van der Waals surface area contributed by atoms with E-state index >= 15 is 0 Å². The standard InChI is InChI=1S/C28H30O6/c1-30-28-27(33-20-23-15-9-4-10-16-23)26(32-19-22-13-7-3-8-14-22)25(24(17-29)34-28)31-18-21-11-5-2-6-12-21/h2-17,24-28H,18-20H2,1H3/t24-,25-,26+,27-,28?/m1/s1. The van der Waals surface area contributed by atoms with E-state index in [0.29, 0.717) is 19.8 Å². The van der Waals surface area contributed by atoms with Crippen molar-refractivity contribution in [1.29, 1.82) is 0 Å². The molecule has 0 aliphatic carbocycles. The molecule has 6 heteroatoms. The van der Waals surface area contributed by atoms with Crippen molar-refractivity contribution in [2.75, 3.05) is 7.11 Å². The average molecular weight is 463 g/mol. The van der Waals surface area contributed by atoms with Crippen molar-refractivity contribution in [3.8, 4) is 0 Å². The molecule has 1 heterocycles. The fourth-order valence-corrected chi connectivity index (χ4v) is 3.99. The van der Waals surface area contributed by atoms with Gasteiger partial charge >= 0.3 is 0 Å². The number of hydrogen-bond acceptors (Lipinski definition) is 6. The van der Waals surface area contributed by atoms with Crippen molar-refractivity contribution in [1.82, 2.24) is 0 Å². The second kappa shape index (κ2) is 12.6. The van der Waals surface area contributed by atoms with Crippen LogP contribution in [0.5, 0.6) is 0 Å². The number of aldehydes is 1. The van der Waals surface area contributed by atoms with E-state index < -0.39 is 30.7 Å². The first-order valence-electron chi connectivity index (χ1n) is 11.4. The third-order valence-corrected chi connectivity index (χ3v) is 5.75. The number of methoxy groups -OCH3 is 1. The number of carbonyl (C=O) groups excluding carboxylic acids is 1. The van der Waals surface area contributed by atoms with Crippen LogP contribution in [0.1, 0.15) is 16.7 Å². The topological polar surface area (TPSA) is 63.2 Å². The monoisotopic (exact) mass is 462 g/mol. The van der Waals surface area contributed by atoms with Gasteiger partial charge in [-0.15, -0.1) is 0 Å². The van der Waals surface area contributed by atoms with Crippen LogP contribution < -0.4 is 0 Å². The summed E-state index contributed by atoms with van der Waals surface area (Å²) in [5.41, 5.74) is 3.01. The van der Waals surface area contributed by atoms with Crippen molar-refractivity contribution in [2.24, 2.45) is 0 Å². The molecule has 0 aromatic heterocycles. The highest BCUT2D eigenvalue weighted by Crippen LogP contribution is 2.30. The van der Waals surface area contributed by atoms with Crippen molar-refractivity contribution in [2.45, 2.75) is 50.5 Å². The first-order valence-corrected chi connectivity index (χ1v) is 11.4. The summed E-state index contributed by atoms with van der Waals surface area (Å²) in [6.45, 7) is 0.994. The van der Waals surface area contributed by atoms with Crippen LogP contribution in [-0.4, -0.2) is 44.1 Å². The van der Waals surface area contributed by atoms with Gasteiger partial charge < -0.3 is 28.5 Å². The third-order valence-electron chi connectivity index (χ3n) is 5.75. The molecule has 1 aliphatic rings. The number of hydrogen-bond donors (Lipinski definition) is 0. The summed E-state index contributed by atoms with van der Waals surface area (Å²) < 4.78 is 30.4. The lowest BCUT2D eigenvalue weighted by atomic mass is 9.98. The van der Waals surface area contributed by atoms with Gasteiger partial charge in [-0.05, 0) is 16.7 Å². The van der Waals surface area contributed by atoms with Crippen molar-refractivity contribution in [3.63, 3.8) is 0 Å². The van der Waals surface area contributed by atoms with Gasteiger partial charge in [0, 0.05) is 7.11 Å². The van der Waals surface area contributed by atoms with Crippen molar-refractivity contribution >= 4 is 6.29 Å². The zero-order valence-corrected chi connectivity index (χ0v) is 19.2. The lowest BCUT2D eigenvalue weighted by Crippen LogP contribution is -2.61. The van der Waals surface area contributed by atoms with E-state index in [2.05, 4.69) is 0 Å². The molecule has 0 amide bonds. The quantitative estimate of drug-likeness (QED) is 0.396. The molecule has 1 aliphatic heterocycles. The molecule has 0 spiro atoms. The highest BCUT2D eigenvalue weighted by Gasteiger charge is 2.48. The Morgan fingerprint density at radius 1 is 0.647 bits per heavy atom. The molecular weight excluding hydrogens is 432 g/mol. The second-order valence-electron chi connectivity index (χ2n) is 8.12. The van der Waals surface area contributed by atoms with E-state index in [0.717, 1.165) is 23.0 Å². The Morgan fingerprint density at radius 2 is 1.06 bits per heavy atom. The van der Waals surface area contributed by atoms with Crippen LogP contribution >= 0.6 is 0 Å². The summed E-state index contributed by atoms with van der Waals surface area (Å²) in [5.74, 6) is 0. The molecule has 0 bridgehead atoms. The van der Waals surface area contributed by atoms with Gasteiger partial charge in [-0.1, -0.05) is 91.0 Å². The molecule has 178 valence electrons. The largest absolute Gasteiger partial charge is 0.368 e. The van der Waals surface area contributed by atoms with Crippen LogP contribution in [0, 0.1) is 0 Å². The highest BCUT2D eigenvalue weighted by atomic mass is 16.7. The summed E-state index contributed by atoms with van der Waals surface area (Å²) in [6.07, 6.45) is -2.77. The molecular formula is C28H30O6. The highest BCUT2D eigenvalue weighted by molar-refractivity contribution is 5.57. The third kappa shape index (κ3) is 6.38. The normalized spacial score (nSPS) is 24.6. The van der Waals surface area contributed by atoms with Crippen molar-refractivity contribution < 1.29 is 28.5 Å². The molecule has 5 atom stereocenters. The lowest BCUT2D eigenvalue weighted by Gasteiger charge is -2.44. The molecule has 1 fully saturated rings. The van der Waals surface area contributed by atoms with E-state index in [-0.39, 0.29) is 0 Å². The fraction of sp³-hybridized carbons (Fsp3) is 0.321. The first-order chi connectivity index (χ1) is 16.8. The Hall–Kier alpha value is -2.87. The second-order valence-corrected chi connectivity index (χ2v) is 8.12. The number of ether oxygens (including phenoxy) is 5. The van der Waals surface area contributed by atoms with Gasteiger partial charge in [-0.2, -0.15) is 0 Å². The van der Waals surface area contributed by atoms with Crippen LogP contribution in [-0.2, 0) is 48.3 Å². The Morgan fingerprint density at radius 3 is 1.47 bits per heavy atom. The number of rotatable bonds is 11. The Balaban J connectivity index is 1.57. The van der Waals surface area contributed by atoms with E-state index in [4.69, 9.17) is 23.7 Å². The Bertz CT molecular complexity index is 982. The van der Waals surface area contributed by atoms with Crippen LogP contribution in [0.15, 0.2) is 91.0 Å². The summed E-state index contributed by atoms with van der Waals surface area (Å²) in [4.78, 5) is 12.0. The van der Waals surface area contributed by atoms with E-state index in [1.54, 1.807) is 0 Å². The van der Waals surface area contributed by atoms with Gasteiger partial charge in [0.15, 0.2) is 12.6 Å². The van der Waals surface area contributed by atoms with Crippen LogP contribution in [0.2, 0.25) is 0 Å². The summed E-state index contributed by atoms with van der Waals surface area (Å²) in [7, 11) is 1.53. The van der Waals surface area contributed by atoms with Gasteiger partial charge in [-0.25, -0.2) is 0 Å². The SMILES string of the molecule is COC1O[C@H](C=O)[C@@H](OCc2ccccc2)[C@H](OCc2ccccc2)[C@H]1OCc1ccccc1. The molecule has 0 radical (unpaired) electrons. The molecule has 3 aromatic rings. The van der Waals surface area contributed by atoms with Gasteiger partial charge in [-0.3, -0.25) is 0 Å². The van der Waals surface area contributed by atoms with Crippen molar-refractivity contribution in [3.05, 3.63) is 108 Å². The minimum Gasteiger partial charge on any atom is -0.368 e. The minimum absolute atomic E-state index is 0.313. The summed E-state index contributed by atoms with van der Waals surface area (Å²) in [5, 5.41) is 0. The molecule has 34 heavy (non-hydrogen) atoms. The molecule has 0 N–H and O–H groups in total. The molecule has 0 saturated carbocycles. The smallest absolute Gasteiger partial charge is 0.187 e. The predicted molar refractivity (Wildman–Crippen MR) is 127 cm³/mol. The zero-order chi connectivity index (χ0) is 23.6. The number of benzene rings is 3. The lowest BCUT2D eigenvalue weighted by molar-refractivity contribution is -0.309. The summed E-state index contributed by atoms with van der Waals surface area (Å²) >= 11 is 0. The van der Waals surface area contributed by atoms with E-state index in [1.165, 1.54) is 7.11 Å². The first kappa shape index (κ1) is 24.3. The molecule has 1 unspecified atom stereocenters. The molecule has 4 rings (SSSR count). The molecule has 1 saturated heterocycles. The number of carbonyl (C=O) groups is 1. The zero-order valence-electron chi connectivity index (χ0n) is 19.2. The van der Waals surface area contributed by atoms with Crippen LogP contribution in [0.3, 0.4) is 0 Å². The maximum absolute atomic E-state index is 12.0. The van der Waals surface area contributed by atoms with E-state index in [9.17, 15) is 4.79 Å². The van der Waals surface area contributed by atoms with Gasteiger partial charge in [0.2, 0.25) is 0 Å². The van der Waals surface area contributed by atoms with Gasteiger partial charge in [0.05, 0.1) is 19.8 Å². The van der Waals surface area contributed by atoms with Crippen LogP contribution in [0.4, 0.5) is 0 Å². The maximum Gasteiger partial charge on any atom is 0.187 e. The van der Waals surface area contributed by atoms with Gasteiger partial charge in [0.1, 0.15) is 24.4 Å². The minimum atomic E-state index is -0.856. The Kier molecular flexibility index (Phi) is 8.96.